The average Bonchev–Trinajstić information content (AvgIpc) is 3.75. The first-order valence-corrected chi connectivity index (χ1v) is 19.1. The van der Waals surface area contributed by atoms with Crippen LogP contribution in [0.15, 0.2) is 170 Å². The zero-order valence-electron chi connectivity index (χ0n) is 31.6. The number of benzene rings is 8. The van der Waals surface area contributed by atoms with Crippen LogP contribution in [-0.4, -0.2) is 9.13 Å². The summed E-state index contributed by atoms with van der Waals surface area (Å²) >= 11 is 0. The van der Waals surface area contributed by atoms with Gasteiger partial charge in [-0.2, -0.15) is 13.2 Å². The van der Waals surface area contributed by atoms with Crippen molar-refractivity contribution in [1.82, 2.24) is 9.13 Å². The van der Waals surface area contributed by atoms with Gasteiger partial charge in [-0.3, -0.25) is 0 Å². The second-order valence-electron chi connectivity index (χ2n) is 14.9. The maximum Gasteiger partial charge on any atom is 0.416 e. The van der Waals surface area contributed by atoms with Gasteiger partial charge in [-0.15, -0.1) is 0 Å². The number of halogens is 3. The Kier molecular flexibility index (Phi) is 8.10. The van der Waals surface area contributed by atoms with Gasteiger partial charge in [0.15, 0.2) is 5.69 Å². The lowest BCUT2D eigenvalue weighted by molar-refractivity contribution is -0.137. The summed E-state index contributed by atoms with van der Waals surface area (Å²) in [4.78, 5) is 3.92. The second-order valence-corrected chi connectivity index (χ2v) is 14.9. The Morgan fingerprint density at radius 2 is 0.897 bits per heavy atom. The van der Waals surface area contributed by atoms with E-state index < -0.39 is 11.7 Å². The Bertz CT molecular complexity index is 3320. The van der Waals surface area contributed by atoms with Gasteiger partial charge < -0.3 is 9.13 Å². The summed E-state index contributed by atoms with van der Waals surface area (Å²) in [7, 11) is 0. The van der Waals surface area contributed by atoms with Crippen molar-refractivity contribution in [3.63, 3.8) is 0 Å². The van der Waals surface area contributed by atoms with Gasteiger partial charge in [0.05, 0.1) is 45.6 Å². The van der Waals surface area contributed by atoms with Crippen molar-refractivity contribution in [2.75, 3.05) is 0 Å². The first-order chi connectivity index (χ1) is 28.2. The smallest absolute Gasteiger partial charge is 0.308 e. The van der Waals surface area contributed by atoms with E-state index in [2.05, 4.69) is 137 Å². The van der Waals surface area contributed by atoms with Crippen LogP contribution in [0.5, 0.6) is 0 Å². The van der Waals surface area contributed by atoms with Gasteiger partial charge in [-0.1, -0.05) is 126 Å². The van der Waals surface area contributed by atoms with Crippen LogP contribution in [0.4, 0.5) is 18.9 Å². The zero-order chi connectivity index (χ0) is 39.7. The highest BCUT2D eigenvalue weighted by molar-refractivity contribution is 6.13. The van der Waals surface area contributed by atoms with Gasteiger partial charge in [0.25, 0.3) is 0 Å². The first-order valence-electron chi connectivity index (χ1n) is 19.1. The second kappa shape index (κ2) is 13.4. The Morgan fingerprint density at radius 1 is 0.431 bits per heavy atom. The molecule has 0 radical (unpaired) electrons. The summed E-state index contributed by atoms with van der Waals surface area (Å²) < 4.78 is 48.4. The van der Waals surface area contributed by atoms with Gasteiger partial charge in [-0.05, 0) is 102 Å². The minimum absolute atomic E-state index is 0.0404. The van der Waals surface area contributed by atoms with E-state index in [-0.39, 0.29) is 16.8 Å². The largest absolute Gasteiger partial charge is 0.416 e. The fraction of sp³-hybridized carbons (Fsp3) is 0.0577. The van der Waals surface area contributed by atoms with Gasteiger partial charge in [-0.25, -0.2) is 4.85 Å². The number of para-hydroxylation sites is 2. The Hall–Kier alpha value is -7.36. The molecule has 278 valence electrons. The SMILES string of the molecule is [C-]#[N+]c1cc(-n2c3ccccc3c3cc(-c4cccc(C)c4)ccc32)c(-n2c3ccccc3c3cc(-c4cccc(C)c4)ccc32)cc1-c1ccccc1C(F)(F)F. The number of alkyl halides is 3. The molecule has 0 spiro atoms. The molecule has 58 heavy (non-hydrogen) atoms. The summed E-state index contributed by atoms with van der Waals surface area (Å²) in [5, 5.41) is 4.08. The fourth-order valence-corrected chi connectivity index (χ4v) is 8.67. The van der Waals surface area contributed by atoms with Crippen LogP contribution in [0, 0.1) is 20.4 Å². The normalized spacial score (nSPS) is 11.9. The van der Waals surface area contributed by atoms with E-state index in [1.54, 1.807) is 18.2 Å². The molecule has 0 N–H and O–H groups in total. The molecule has 0 saturated heterocycles. The van der Waals surface area contributed by atoms with E-state index >= 15 is 0 Å². The third kappa shape index (κ3) is 5.66. The van der Waals surface area contributed by atoms with Crippen LogP contribution in [0.3, 0.4) is 0 Å². The molecular weight excluding hydrogens is 724 g/mol. The predicted molar refractivity (Wildman–Crippen MR) is 232 cm³/mol. The highest BCUT2D eigenvalue weighted by Crippen LogP contribution is 2.46. The summed E-state index contributed by atoms with van der Waals surface area (Å²) in [6.07, 6.45) is -4.63. The maximum absolute atomic E-state index is 14.7. The summed E-state index contributed by atoms with van der Waals surface area (Å²) in [5.74, 6) is 0. The molecule has 2 aromatic heterocycles. The highest BCUT2D eigenvalue weighted by atomic mass is 19.4. The summed E-state index contributed by atoms with van der Waals surface area (Å²) in [6, 6.07) is 55.1. The molecule has 6 heteroatoms. The molecule has 0 fully saturated rings. The van der Waals surface area contributed by atoms with E-state index in [9.17, 15) is 13.2 Å². The molecule has 0 aliphatic heterocycles. The van der Waals surface area contributed by atoms with E-state index in [4.69, 9.17) is 6.57 Å². The van der Waals surface area contributed by atoms with Crippen LogP contribution in [-0.2, 0) is 6.18 Å². The molecular formula is C52H34F3N3. The van der Waals surface area contributed by atoms with E-state index in [0.717, 1.165) is 77.5 Å². The molecule has 3 nitrogen and oxygen atoms in total. The lowest BCUT2D eigenvalue weighted by atomic mass is 9.96. The Balaban J connectivity index is 1.33. The van der Waals surface area contributed by atoms with Gasteiger partial charge in [0.2, 0.25) is 0 Å². The third-order valence-corrected chi connectivity index (χ3v) is 11.3. The Labute approximate surface area is 333 Å². The zero-order valence-corrected chi connectivity index (χ0v) is 31.6. The minimum atomic E-state index is -4.63. The number of aromatic nitrogens is 2. The average molecular weight is 758 g/mol. The minimum Gasteiger partial charge on any atom is -0.308 e. The van der Waals surface area contributed by atoms with Crippen molar-refractivity contribution < 1.29 is 13.2 Å². The number of nitrogens with zero attached hydrogens (tertiary/aromatic N) is 3. The van der Waals surface area contributed by atoms with Crippen molar-refractivity contribution in [3.05, 3.63) is 198 Å². The first kappa shape index (κ1) is 35.1. The highest BCUT2D eigenvalue weighted by Gasteiger charge is 2.34. The van der Waals surface area contributed by atoms with E-state index in [0.29, 0.717) is 11.4 Å². The lowest BCUT2D eigenvalue weighted by Gasteiger charge is -2.21. The van der Waals surface area contributed by atoms with Crippen molar-refractivity contribution in [3.8, 4) is 44.8 Å². The van der Waals surface area contributed by atoms with E-state index in [1.165, 1.54) is 17.7 Å². The Morgan fingerprint density at radius 3 is 1.41 bits per heavy atom. The van der Waals surface area contributed by atoms with E-state index in [1.807, 2.05) is 24.3 Å². The van der Waals surface area contributed by atoms with Crippen molar-refractivity contribution in [2.45, 2.75) is 20.0 Å². The number of fused-ring (bicyclic) bond motifs is 6. The fourth-order valence-electron chi connectivity index (χ4n) is 8.67. The summed E-state index contributed by atoms with van der Waals surface area (Å²) in [5.41, 5.74) is 11.1. The standard InChI is InChI=1S/C52H34F3N3/c1-32-12-10-14-34(26-32)36-22-24-48-42(28-36)39-17-5-8-20-46(39)57(48)50-30-41(38-16-4-7-19-44(38)52(53,54)55)45(56-3)31-51(50)58-47-21-9-6-18-40(47)43-29-37(23-25-49(43)58)35-15-11-13-33(2)27-35/h4-31H,1-2H3. The van der Waals surface area contributed by atoms with Crippen LogP contribution >= 0.6 is 0 Å². The predicted octanol–water partition coefficient (Wildman–Crippen LogP) is 15.1. The molecule has 0 bridgehead atoms. The molecule has 0 atom stereocenters. The number of rotatable bonds is 5. The summed E-state index contributed by atoms with van der Waals surface area (Å²) in [6.45, 7) is 12.6. The van der Waals surface area contributed by atoms with Crippen LogP contribution in [0.2, 0.25) is 0 Å². The molecule has 0 aliphatic rings. The topological polar surface area (TPSA) is 14.2 Å². The molecule has 8 aromatic carbocycles. The number of aryl methyl sites for hydroxylation is 2. The number of hydrogen-bond donors (Lipinski definition) is 0. The van der Waals surface area contributed by atoms with Crippen LogP contribution in [0.1, 0.15) is 16.7 Å². The lowest BCUT2D eigenvalue weighted by Crippen LogP contribution is -2.08. The van der Waals surface area contributed by atoms with Crippen LogP contribution < -0.4 is 0 Å². The monoisotopic (exact) mass is 757 g/mol. The van der Waals surface area contributed by atoms with Gasteiger partial charge in [0.1, 0.15) is 0 Å². The molecule has 10 rings (SSSR count). The quantitative estimate of drug-likeness (QED) is 0.155. The third-order valence-electron chi connectivity index (χ3n) is 11.3. The van der Waals surface area contributed by atoms with Gasteiger partial charge in [0, 0.05) is 21.5 Å². The molecule has 0 aliphatic carbocycles. The van der Waals surface area contributed by atoms with Crippen molar-refractivity contribution >= 4 is 49.3 Å². The molecule has 0 saturated carbocycles. The molecule has 0 amide bonds. The molecule has 2 heterocycles. The number of hydrogen-bond acceptors (Lipinski definition) is 0. The van der Waals surface area contributed by atoms with Gasteiger partial charge >= 0.3 is 6.18 Å². The molecule has 0 unspecified atom stereocenters. The van der Waals surface area contributed by atoms with Crippen molar-refractivity contribution in [2.24, 2.45) is 0 Å². The van der Waals surface area contributed by atoms with Crippen LogP contribution in [0.25, 0.3) is 93.2 Å². The van der Waals surface area contributed by atoms with Crippen molar-refractivity contribution in [1.29, 1.82) is 0 Å². The maximum atomic E-state index is 14.7. The molecule has 10 aromatic rings.